The Bertz CT molecular complexity index is 908. The highest BCUT2D eigenvalue weighted by Crippen LogP contribution is 2.29. The summed E-state index contributed by atoms with van der Waals surface area (Å²) in [6.07, 6.45) is 4.60. The molecule has 0 radical (unpaired) electrons. The predicted molar refractivity (Wildman–Crippen MR) is 136 cm³/mol. The van der Waals surface area contributed by atoms with Crippen LogP contribution < -0.4 is 10.6 Å². The predicted octanol–water partition coefficient (Wildman–Crippen LogP) is 5.57. The van der Waals surface area contributed by atoms with Gasteiger partial charge in [-0.15, -0.1) is 0 Å². The first-order valence-electron chi connectivity index (χ1n) is 12.1. The molecule has 3 rings (SSSR count). The highest BCUT2D eigenvalue weighted by Gasteiger charge is 2.21. The summed E-state index contributed by atoms with van der Waals surface area (Å²) in [5.74, 6) is 0.491. The van der Waals surface area contributed by atoms with Crippen LogP contribution in [0.2, 0.25) is 5.02 Å². The number of piperidine rings is 1. The van der Waals surface area contributed by atoms with Crippen LogP contribution in [0.1, 0.15) is 68.9 Å². The molecule has 0 aromatic heterocycles. The quantitative estimate of drug-likeness (QED) is 0.447. The van der Waals surface area contributed by atoms with E-state index >= 15 is 0 Å². The number of hydrogen-bond donors (Lipinski definition) is 2. The van der Waals surface area contributed by atoms with Gasteiger partial charge in [-0.2, -0.15) is 0 Å². The van der Waals surface area contributed by atoms with Crippen LogP contribution in [0, 0.1) is 0 Å². The lowest BCUT2D eigenvalue weighted by Gasteiger charge is -2.32. The van der Waals surface area contributed by atoms with Crippen LogP contribution in [0.4, 0.5) is 5.69 Å². The number of rotatable bonds is 10. The number of likely N-dealkylation sites (tertiary alicyclic amines) is 1. The van der Waals surface area contributed by atoms with E-state index in [1.165, 1.54) is 5.56 Å². The highest BCUT2D eigenvalue weighted by atomic mass is 35.5. The molecule has 2 N–H and O–H groups in total. The Morgan fingerprint density at radius 1 is 1.12 bits per heavy atom. The van der Waals surface area contributed by atoms with Gasteiger partial charge in [0.15, 0.2) is 0 Å². The Balaban J connectivity index is 1.36. The van der Waals surface area contributed by atoms with Crippen LogP contribution in [0.3, 0.4) is 0 Å². The fourth-order valence-corrected chi connectivity index (χ4v) is 4.51. The van der Waals surface area contributed by atoms with E-state index < -0.39 is 0 Å². The topological polar surface area (TPSA) is 61.4 Å². The molecule has 5 nitrogen and oxygen atoms in total. The maximum atomic E-state index is 12.4. The molecule has 0 spiro atoms. The second-order valence-electron chi connectivity index (χ2n) is 8.96. The summed E-state index contributed by atoms with van der Waals surface area (Å²) in [5.41, 5.74) is 3.19. The molecule has 1 heterocycles. The third-order valence-corrected chi connectivity index (χ3v) is 6.67. The molecule has 1 fully saturated rings. The summed E-state index contributed by atoms with van der Waals surface area (Å²) in [6.45, 7) is 7.75. The molecule has 2 aromatic carbocycles. The van der Waals surface area contributed by atoms with Crippen molar-refractivity contribution in [3.05, 3.63) is 64.7 Å². The van der Waals surface area contributed by atoms with Crippen molar-refractivity contribution in [2.75, 3.05) is 31.5 Å². The summed E-state index contributed by atoms with van der Waals surface area (Å²) >= 11 is 5.93. The Hall–Kier alpha value is -2.37. The van der Waals surface area contributed by atoms with Crippen molar-refractivity contribution in [1.82, 2.24) is 10.2 Å². The zero-order chi connectivity index (χ0) is 23.6. The third kappa shape index (κ3) is 7.86. The van der Waals surface area contributed by atoms with Crippen LogP contribution in [0.25, 0.3) is 0 Å². The first-order chi connectivity index (χ1) is 16.0. The Kier molecular flexibility index (Phi) is 9.76. The van der Waals surface area contributed by atoms with Gasteiger partial charge in [0, 0.05) is 23.7 Å². The van der Waals surface area contributed by atoms with E-state index in [1.807, 2.05) is 50.2 Å². The van der Waals surface area contributed by atoms with Crippen LogP contribution in [-0.4, -0.2) is 42.9 Å². The van der Waals surface area contributed by atoms with Gasteiger partial charge in [-0.3, -0.25) is 9.59 Å². The average molecular weight is 470 g/mol. The van der Waals surface area contributed by atoms with E-state index in [2.05, 4.69) is 27.7 Å². The minimum Gasteiger partial charge on any atom is -0.356 e. The molecule has 0 aliphatic carbocycles. The second-order valence-corrected chi connectivity index (χ2v) is 9.39. The van der Waals surface area contributed by atoms with Crippen molar-refractivity contribution in [2.45, 2.75) is 57.8 Å². The Labute approximate surface area is 202 Å². The van der Waals surface area contributed by atoms with Gasteiger partial charge in [0.05, 0.1) is 5.92 Å². The van der Waals surface area contributed by atoms with Crippen LogP contribution >= 0.6 is 11.6 Å². The van der Waals surface area contributed by atoms with Crippen molar-refractivity contribution in [3.8, 4) is 0 Å². The first-order valence-corrected chi connectivity index (χ1v) is 12.5. The number of nitrogens with zero attached hydrogens (tertiary/aromatic N) is 1. The zero-order valence-corrected chi connectivity index (χ0v) is 20.5. The summed E-state index contributed by atoms with van der Waals surface area (Å²) in [4.78, 5) is 26.8. The summed E-state index contributed by atoms with van der Waals surface area (Å²) in [7, 11) is 0. The van der Waals surface area contributed by atoms with Crippen molar-refractivity contribution < 1.29 is 9.59 Å². The fourth-order valence-electron chi connectivity index (χ4n) is 4.38. The molecule has 1 aliphatic rings. The molecule has 178 valence electrons. The summed E-state index contributed by atoms with van der Waals surface area (Å²) in [6, 6.07) is 15.8. The lowest BCUT2D eigenvalue weighted by molar-refractivity contribution is -0.122. The standard InChI is InChI=1S/C27H36ClN3O2/c1-3-6-26(32)30-25-8-4-7-23(19-25)22-13-17-31(18-14-22)16-5-15-29-27(33)20(2)21-9-11-24(28)12-10-21/h4,7-12,19-20,22H,3,5-6,13-18H2,1-2H3,(H,29,33)(H,30,32). The lowest BCUT2D eigenvalue weighted by Crippen LogP contribution is -2.36. The molecule has 6 heteroatoms. The molecular formula is C27H36ClN3O2. The lowest BCUT2D eigenvalue weighted by atomic mass is 9.89. The summed E-state index contributed by atoms with van der Waals surface area (Å²) < 4.78 is 0. The molecule has 1 aliphatic heterocycles. The fraction of sp³-hybridized carbons (Fsp3) is 0.481. The van der Waals surface area contributed by atoms with E-state index in [0.29, 0.717) is 23.9 Å². The monoisotopic (exact) mass is 469 g/mol. The molecule has 33 heavy (non-hydrogen) atoms. The van der Waals surface area contributed by atoms with Crippen molar-refractivity contribution in [2.24, 2.45) is 0 Å². The summed E-state index contributed by atoms with van der Waals surface area (Å²) in [5, 5.41) is 6.75. The van der Waals surface area contributed by atoms with Gasteiger partial charge in [0.25, 0.3) is 0 Å². The number of carbonyl (C=O) groups is 2. The molecule has 2 aromatic rings. The maximum Gasteiger partial charge on any atom is 0.227 e. The van der Waals surface area contributed by atoms with Gasteiger partial charge < -0.3 is 15.5 Å². The van der Waals surface area contributed by atoms with E-state index in [4.69, 9.17) is 11.6 Å². The van der Waals surface area contributed by atoms with E-state index in [9.17, 15) is 9.59 Å². The average Bonchev–Trinajstić information content (AvgIpc) is 2.82. The number of halogens is 1. The number of nitrogens with one attached hydrogen (secondary N) is 2. The first kappa shape index (κ1) is 25.3. The number of benzene rings is 2. The molecular weight excluding hydrogens is 434 g/mol. The Morgan fingerprint density at radius 3 is 2.55 bits per heavy atom. The number of hydrogen-bond acceptors (Lipinski definition) is 3. The van der Waals surface area contributed by atoms with Crippen molar-refractivity contribution in [3.63, 3.8) is 0 Å². The van der Waals surface area contributed by atoms with Gasteiger partial charge in [0.2, 0.25) is 11.8 Å². The minimum atomic E-state index is -0.180. The van der Waals surface area contributed by atoms with E-state index in [-0.39, 0.29) is 17.7 Å². The molecule has 2 amide bonds. The van der Waals surface area contributed by atoms with Crippen LogP contribution in [-0.2, 0) is 9.59 Å². The van der Waals surface area contributed by atoms with Crippen LogP contribution in [0.15, 0.2) is 48.5 Å². The van der Waals surface area contributed by atoms with Crippen molar-refractivity contribution in [1.29, 1.82) is 0 Å². The normalized spacial score (nSPS) is 15.7. The maximum absolute atomic E-state index is 12.4. The third-order valence-electron chi connectivity index (χ3n) is 6.42. The number of amides is 2. The molecule has 1 unspecified atom stereocenters. The van der Waals surface area contributed by atoms with E-state index in [0.717, 1.165) is 56.6 Å². The highest BCUT2D eigenvalue weighted by molar-refractivity contribution is 6.30. The van der Waals surface area contributed by atoms with Gasteiger partial charge in [-0.1, -0.05) is 42.8 Å². The van der Waals surface area contributed by atoms with E-state index in [1.54, 1.807) is 0 Å². The number of carbonyl (C=O) groups excluding carboxylic acids is 2. The smallest absolute Gasteiger partial charge is 0.227 e. The van der Waals surface area contributed by atoms with Gasteiger partial charge in [0.1, 0.15) is 0 Å². The van der Waals surface area contributed by atoms with Gasteiger partial charge >= 0.3 is 0 Å². The largest absolute Gasteiger partial charge is 0.356 e. The molecule has 1 saturated heterocycles. The molecule has 1 atom stereocenters. The van der Waals surface area contributed by atoms with Gasteiger partial charge in [-0.05, 0) is 93.6 Å². The number of anilines is 1. The Morgan fingerprint density at radius 2 is 1.85 bits per heavy atom. The molecule has 0 saturated carbocycles. The van der Waals surface area contributed by atoms with Crippen molar-refractivity contribution >= 4 is 29.1 Å². The second kappa shape index (κ2) is 12.8. The minimum absolute atomic E-state index is 0.0574. The zero-order valence-electron chi connectivity index (χ0n) is 19.8. The molecule has 0 bridgehead atoms. The SMILES string of the molecule is CCCC(=O)Nc1cccc(C2CCN(CCCNC(=O)C(C)c3ccc(Cl)cc3)CC2)c1. The van der Waals surface area contributed by atoms with Gasteiger partial charge in [-0.25, -0.2) is 0 Å². The van der Waals surface area contributed by atoms with Crippen LogP contribution in [0.5, 0.6) is 0 Å².